The standard InChI is InChI=1S/C28H44N2O2/c1-27(2,3)21-17-20(18-22(19-21)28(4,5)6)25(31)32-26(29-23-13-9-7-10-14-23)30-24-15-11-8-12-16-24/h17-19,23-24H,7-16H2,1-6H3,(H,29,30). The molecule has 2 aliphatic rings. The second-order valence-electron chi connectivity index (χ2n) is 11.9. The Bertz CT molecular complexity index is 769. The van der Waals surface area contributed by atoms with Gasteiger partial charge in [0.2, 0.25) is 0 Å². The summed E-state index contributed by atoms with van der Waals surface area (Å²) in [5.74, 6) is -0.306. The molecule has 1 aromatic carbocycles. The first-order valence-corrected chi connectivity index (χ1v) is 12.7. The fraction of sp³-hybridized carbons (Fsp3) is 0.714. The third kappa shape index (κ3) is 7.08. The SMILES string of the molecule is CC(C)(C)c1cc(C(=O)O/C(=N/C2CCCCC2)NC2CCCCC2)cc(C(C)(C)C)c1. The lowest BCUT2D eigenvalue weighted by molar-refractivity contribution is 0.0703. The number of benzene rings is 1. The average molecular weight is 441 g/mol. The van der Waals surface area contributed by atoms with Crippen molar-refractivity contribution in [3.63, 3.8) is 0 Å². The number of hydrogen-bond donors (Lipinski definition) is 1. The molecule has 1 aromatic rings. The Morgan fingerprint density at radius 1 is 0.812 bits per heavy atom. The molecule has 0 heterocycles. The molecule has 0 spiro atoms. The number of carbonyl (C=O) groups excluding carboxylic acids is 1. The van der Waals surface area contributed by atoms with Crippen molar-refractivity contribution in [3.8, 4) is 0 Å². The van der Waals surface area contributed by atoms with Crippen LogP contribution in [0.3, 0.4) is 0 Å². The highest BCUT2D eigenvalue weighted by atomic mass is 16.6. The Kier molecular flexibility index (Phi) is 8.06. The summed E-state index contributed by atoms with van der Waals surface area (Å²) >= 11 is 0. The Balaban J connectivity index is 1.86. The maximum Gasteiger partial charge on any atom is 0.345 e. The molecule has 0 aromatic heterocycles. The molecule has 0 saturated heterocycles. The van der Waals surface area contributed by atoms with Crippen molar-refractivity contribution < 1.29 is 9.53 Å². The molecular formula is C28H44N2O2. The summed E-state index contributed by atoms with van der Waals surface area (Å²) in [7, 11) is 0. The molecule has 0 atom stereocenters. The summed E-state index contributed by atoms with van der Waals surface area (Å²) < 4.78 is 5.98. The minimum Gasteiger partial charge on any atom is -0.389 e. The van der Waals surface area contributed by atoms with Crippen molar-refractivity contribution in [2.24, 2.45) is 4.99 Å². The average Bonchev–Trinajstić information content (AvgIpc) is 2.73. The van der Waals surface area contributed by atoms with Crippen LogP contribution in [0.1, 0.15) is 127 Å². The van der Waals surface area contributed by atoms with Crippen molar-refractivity contribution in [2.45, 2.75) is 129 Å². The van der Waals surface area contributed by atoms with E-state index in [-0.39, 0.29) is 22.8 Å². The van der Waals surface area contributed by atoms with Gasteiger partial charge in [0.25, 0.3) is 6.02 Å². The highest BCUT2D eigenvalue weighted by Crippen LogP contribution is 2.31. The van der Waals surface area contributed by atoms with Gasteiger partial charge in [0.15, 0.2) is 0 Å². The van der Waals surface area contributed by atoms with Crippen LogP contribution in [0.5, 0.6) is 0 Å². The summed E-state index contributed by atoms with van der Waals surface area (Å²) in [6.07, 6.45) is 11.9. The number of ether oxygens (including phenoxy) is 1. The van der Waals surface area contributed by atoms with E-state index in [2.05, 4.69) is 52.9 Å². The molecule has 0 aliphatic heterocycles. The van der Waals surface area contributed by atoms with Gasteiger partial charge in [-0.15, -0.1) is 0 Å². The largest absolute Gasteiger partial charge is 0.389 e. The fourth-order valence-electron chi connectivity index (χ4n) is 4.65. The number of esters is 1. The molecule has 32 heavy (non-hydrogen) atoms. The highest BCUT2D eigenvalue weighted by molar-refractivity contribution is 5.98. The predicted octanol–water partition coefficient (Wildman–Crippen LogP) is 7.05. The van der Waals surface area contributed by atoms with E-state index in [9.17, 15) is 4.79 Å². The van der Waals surface area contributed by atoms with Crippen molar-refractivity contribution in [1.82, 2.24) is 5.32 Å². The van der Waals surface area contributed by atoms with Crippen LogP contribution in [0.4, 0.5) is 0 Å². The normalized spacial score (nSPS) is 19.6. The van der Waals surface area contributed by atoms with E-state index in [1.54, 1.807) is 0 Å². The predicted molar refractivity (Wildman–Crippen MR) is 134 cm³/mol. The van der Waals surface area contributed by atoms with E-state index in [1.165, 1.54) is 38.5 Å². The summed E-state index contributed by atoms with van der Waals surface area (Å²) in [5, 5.41) is 3.50. The number of rotatable bonds is 3. The van der Waals surface area contributed by atoms with Crippen LogP contribution in [0.15, 0.2) is 23.2 Å². The van der Waals surface area contributed by atoms with E-state index in [0.717, 1.165) is 36.8 Å². The van der Waals surface area contributed by atoms with Gasteiger partial charge in [0.1, 0.15) is 0 Å². The lowest BCUT2D eigenvalue weighted by Gasteiger charge is -2.27. The van der Waals surface area contributed by atoms with Gasteiger partial charge in [-0.1, -0.05) is 86.1 Å². The molecular weight excluding hydrogens is 396 g/mol. The van der Waals surface area contributed by atoms with Crippen LogP contribution in [0, 0.1) is 0 Å². The Morgan fingerprint density at radius 2 is 1.31 bits per heavy atom. The maximum atomic E-state index is 13.4. The minimum atomic E-state index is -0.306. The number of amidine groups is 1. The number of nitrogens with one attached hydrogen (secondary N) is 1. The van der Waals surface area contributed by atoms with Gasteiger partial charge in [-0.25, -0.2) is 9.79 Å². The molecule has 0 amide bonds. The van der Waals surface area contributed by atoms with Gasteiger partial charge in [0, 0.05) is 6.04 Å². The molecule has 4 nitrogen and oxygen atoms in total. The first-order chi connectivity index (χ1) is 15.0. The Hall–Kier alpha value is -1.84. The van der Waals surface area contributed by atoms with Crippen molar-refractivity contribution in [3.05, 3.63) is 34.9 Å². The lowest BCUT2D eigenvalue weighted by atomic mass is 9.79. The lowest BCUT2D eigenvalue weighted by Crippen LogP contribution is -2.39. The van der Waals surface area contributed by atoms with Gasteiger partial charge in [0.05, 0.1) is 11.6 Å². The number of carbonyl (C=O) groups is 1. The second kappa shape index (κ2) is 10.4. The number of aliphatic imine (C=N–C) groups is 1. The molecule has 0 radical (unpaired) electrons. The topological polar surface area (TPSA) is 50.7 Å². The summed E-state index contributed by atoms with van der Waals surface area (Å²) in [6.45, 7) is 13.1. The third-order valence-corrected chi connectivity index (χ3v) is 6.90. The quantitative estimate of drug-likeness (QED) is 0.311. The Morgan fingerprint density at radius 3 is 1.81 bits per heavy atom. The van der Waals surface area contributed by atoms with Crippen LogP contribution in [0.25, 0.3) is 0 Å². The molecule has 2 fully saturated rings. The summed E-state index contributed by atoms with van der Waals surface area (Å²) in [5.41, 5.74) is 2.83. The van der Waals surface area contributed by atoms with Crippen molar-refractivity contribution >= 4 is 12.0 Å². The van der Waals surface area contributed by atoms with Crippen LogP contribution in [-0.2, 0) is 15.6 Å². The van der Waals surface area contributed by atoms with Gasteiger partial charge in [-0.05, 0) is 59.8 Å². The molecule has 4 heteroatoms. The molecule has 1 N–H and O–H groups in total. The second-order valence-corrected chi connectivity index (χ2v) is 11.9. The summed E-state index contributed by atoms with van der Waals surface area (Å²) in [6, 6.07) is 7.27. The van der Waals surface area contributed by atoms with Crippen LogP contribution in [0.2, 0.25) is 0 Å². The van der Waals surface area contributed by atoms with Crippen LogP contribution in [-0.4, -0.2) is 24.1 Å². The zero-order valence-electron chi connectivity index (χ0n) is 21.2. The zero-order chi connectivity index (χ0) is 23.4. The molecule has 0 bridgehead atoms. The molecule has 2 saturated carbocycles. The van der Waals surface area contributed by atoms with E-state index < -0.39 is 0 Å². The minimum absolute atomic E-state index is 0.0460. The smallest absolute Gasteiger partial charge is 0.345 e. The van der Waals surface area contributed by atoms with Gasteiger partial charge >= 0.3 is 5.97 Å². The van der Waals surface area contributed by atoms with Crippen molar-refractivity contribution in [1.29, 1.82) is 0 Å². The fourth-order valence-corrected chi connectivity index (χ4v) is 4.65. The maximum absolute atomic E-state index is 13.4. The number of nitrogens with zero attached hydrogens (tertiary/aromatic N) is 1. The van der Waals surface area contributed by atoms with Gasteiger partial charge in [-0.3, -0.25) is 0 Å². The van der Waals surface area contributed by atoms with E-state index in [1.807, 2.05) is 12.1 Å². The molecule has 3 rings (SSSR count). The molecule has 178 valence electrons. The molecule has 0 unspecified atom stereocenters. The monoisotopic (exact) mass is 440 g/mol. The number of hydrogen-bond acceptors (Lipinski definition) is 3. The van der Waals surface area contributed by atoms with E-state index in [4.69, 9.17) is 9.73 Å². The Labute approximate surface area is 195 Å². The van der Waals surface area contributed by atoms with Crippen LogP contribution >= 0.6 is 0 Å². The first kappa shape index (κ1) is 24.8. The van der Waals surface area contributed by atoms with Crippen molar-refractivity contribution in [2.75, 3.05) is 0 Å². The zero-order valence-corrected chi connectivity index (χ0v) is 21.2. The van der Waals surface area contributed by atoms with E-state index in [0.29, 0.717) is 17.6 Å². The third-order valence-electron chi connectivity index (χ3n) is 6.90. The molecule has 2 aliphatic carbocycles. The highest BCUT2D eigenvalue weighted by Gasteiger charge is 2.25. The first-order valence-electron chi connectivity index (χ1n) is 12.7. The van der Waals surface area contributed by atoms with Gasteiger partial charge in [-0.2, -0.15) is 0 Å². The van der Waals surface area contributed by atoms with E-state index >= 15 is 0 Å². The summed E-state index contributed by atoms with van der Waals surface area (Å²) in [4.78, 5) is 18.3. The van der Waals surface area contributed by atoms with Gasteiger partial charge < -0.3 is 10.1 Å². The van der Waals surface area contributed by atoms with Crippen LogP contribution < -0.4 is 5.32 Å².